The number of imide groups is 1. The molecule has 2 unspecified atom stereocenters. The van der Waals surface area contributed by atoms with Crippen molar-refractivity contribution in [1.29, 1.82) is 0 Å². The number of H-pyrrole nitrogens is 1. The fourth-order valence-corrected chi connectivity index (χ4v) is 5.64. The number of hydrogen-bond acceptors (Lipinski definition) is 9. The molecule has 0 saturated heterocycles. The average Bonchev–Trinajstić information content (AvgIpc) is 3.51. The van der Waals surface area contributed by atoms with E-state index < -0.39 is 23.6 Å². The Hall–Kier alpha value is -4.59. The van der Waals surface area contributed by atoms with Crippen LogP contribution in [0.5, 0.6) is 5.75 Å². The molecule has 1 aromatic heterocycles. The Morgan fingerprint density at radius 1 is 1.12 bits per heavy atom. The zero-order chi connectivity index (χ0) is 30.9. The van der Waals surface area contributed by atoms with Crippen LogP contribution in [0.3, 0.4) is 0 Å². The minimum absolute atomic E-state index is 0.0249. The molecule has 1 fully saturated rings. The van der Waals surface area contributed by atoms with Gasteiger partial charge in [-0.2, -0.15) is 18.3 Å². The molecule has 2 heterocycles. The maximum absolute atomic E-state index is 13.6. The zero-order valence-corrected chi connectivity index (χ0v) is 23.8. The fourth-order valence-electron chi connectivity index (χ4n) is 5.64. The Balaban J connectivity index is 1.47. The van der Waals surface area contributed by atoms with Crippen LogP contribution < -0.4 is 10.3 Å². The van der Waals surface area contributed by atoms with Crippen molar-refractivity contribution in [2.24, 2.45) is 5.10 Å². The number of carbonyl (C=O) groups is 2. The lowest BCUT2D eigenvalue weighted by Crippen LogP contribution is -2.49. The number of phenolic OH excluding ortho intramolecular Hbond substituents is 1. The van der Waals surface area contributed by atoms with Crippen LogP contribution in [0.1, 0.15) is 61.4 Å². The van der Waals surface area contributed by atoms with E-state index in [0.29, 0.717) is 16.3 Å². The highest BCUT2D eigenvalue weighted by atomic mass is 19.4. The lowest BCUT2D eigenvalue weighted by molar-refractivity contribution is -0.137. The predicted molar refractivity (Wildman–Crippen MR) is 152 cm³/mol. The Kier molecular flexibility index (Phi) is 8.31. The number of hydrogen-bond donors (Lipinski definition) is 3. The number of aromatic nitrogens is 4. The molecule has 43 heavy (non-hydrogen) atoms. The zero-order valence-electron chi connectivity index (χ0n) is 23.8. The van der Waals surface area contributed by atoms with Crippen molar-refractivity contribution < 1.29 is 27.9 Å². The van der Waals surface area contributed by atoms with Gasteiger partial charge in [-0.25, -0.2) is 10.00 Å². The second-order valence-electron chi connectivity index (χ2n) is 11.0. The molecular weight excluding hydrogens is 565 g/mol. The summed E-state index contributed by atoms with van der Waals surface area (Å²) in [5, 5.41) is 29.7. The number of alkyl halides is 3. The molecule has 226 valence electrons. The summed E-state index contributed by atoms with van der Waals surface area (Å²) in [4.78, 5) is 29.5. The van der Waals surface area contributed by atoms with E-state index in [0.717, 1.165) is 43.9 Å². The number of rotatable bonds is 7. The van der Waals surface area contributed by atoms with Crippen LogP contribution in [-0.4, -0.2) is 68.8 Å². The molecule has 2 amide bonds. The summed E-state index contributed by atoms with van der Waals surface area (Å²) in [5.74, 6) is -0.797. The monoisotopic (exact) mass is 596 g/mol. The van der Waals surface area contributed by atoms with E-state index in [9.17, 15) is 27.9 Å². The van der Waals surface area contributed by atoms with E-state index in [1.54, 1.807) is 38.1 Å². The number of benzene rings is 2. The summed E-state index contributed by atoms with van der Waals surface area (Å²) < 4.78 is 40.4. The first kappa shape index (κ1) is 29.9. The number of nitrogens with one attached hydrogen (secondary N) is 2. The fraction of sp³-hybridized carbons (Fsp3) is 0.379. The Labute approximate surface area is 245 Å². The highest BCUT2D eigenvalue weighted by Gasteiger charge is 2.39. The van der Waals surface area contributed by atoms with Crippen molar-refractivity contribution in [3.63, 3.8) is 0 Å². The van der Waals surface area contributed by atoms with Crippen molar-refractivity contribution in [3.05, 3.63) is 70.6 Å². The van der Waals surface area contributed by atoms with Gasteiger partial charge >= 0.3 is 6.18 Å². The number of tetrazole rings is 1. The van der Waals surface area contributed by atoms with Gasteiger partial charge < -0.3 is 10.0 Å². The van der Waals surface area contributed by atoms with Crippen molar-refractivity contribution in [3.8, 4) is 5.75 Å². The molecule has 5 rings (SSSR count). The van der Waals surface area contributed by atoms with Crippen molar-refractivity contribution >= 4 is 28.9 Å². The summed E-state index contributed by atoms with van der Waals surface area (Å²) in [7, 11) is 3.46. The Morgan fingerprint density at radius 2 is 1.86 bits per heavy atom. The molecule has 11 nitrogen and oxygen atoms in total. The number of aromatic hydroxyl groups is 1. The van der Waals surface area contributed by atoms with Crippen LogP contribution in [-0.2, 0) is 15.8 Å². The lowest BCUT2D eigenvalue weighted by atomic mass is 9.77. The second-order valence-corrected chi connectivity index (χ2v) is 11.0. The third-order valence-electron chi connectivity index (χ3n) is 7.80. The van der Waals surface area contributed by atoms with E-state index in [-0.39, 0.29) is 52.4 Å². The van der Waals surface area contributed by atoms with E-state index in [1.807, 2.05) is 6.07 Å². The van der Waals surface area contributed by atoms with E-state index in [1.165, 1.54) is 6.07 Å². The largest absolute Gasteiger partial charge is 0.505 e. The number of halogens is 3. The summed E-state index contributed by atoms with van der Waals surface area (Å²) in [5.41, 5.74) is 2.83. The van der Waals surface area contributed by atoms with Crippen molar-refractivity contribution in [1.82, 2.24) is 25.5 Å². The third kappa shape index (κ3) is 6.14. The minimum Gasteiger partial charge on any atom is -0.505 e. The topological polar surface area (TPSA) is 140 Å². The van der Waals surface area contributed by atoms with Crippen LogP contribution in [0.25, 0.3) is 0 Å². The van der Waals surface area contributed by atoms with Crippen LogP contribution in [0, 0.1) is 0 Å². The summed E-state index contributed by atoms with van der Waals surface area (Å²) in [6, 6.07) is 9.24. The molecule has 1 saturated carbocycles. The van der Waals surface area contributed by atoms with Gasteiger partial charge in [-0.1, -0.05) is 24.6 Å². The van der Waals surface area contributed by atoms with E-state index >= 15 is 0 Å². The number of anilines is 2. The molecule has 3 N–H and O–H groups in total. The molecule has 1 aliphatic carbocycles. The molecule has 14 heteroatoms. The molecule has 0 bridgehead atoms. The van der Waals surface area contributed by atoms with Crippen molar-refractivity contribution in [2.75, 3.05) is 31.0 Å². The number of phenols is 1. The highest BCUT2D eigenvalue weighted by molar-refractivity contribution is 6.57. The van der Waals surface area contributed by atoms with Gasteiger partial charge in [0, 0.05) is 18.0 Å². The lowest BCUT2D eigenvalue weighted by Gasteiger charge is -2.30. The first-order chi connectivity index (χ1) is 20.5. The standard InChI is InChI=1S/C29H31F3N8O3/c1-16-22(15-39(2)3)27(42)40(20-10-5-9-19(14-20)29(30,31)32)28(43)24(16)34-33-23-12-6-11-21(25(23)41)17-7-4-8-18(13-17)26-35-37-38-36-26/h5-6,9-12,14,17-18,33,41H,4,7-8,13,15H2,1-3H3,(H,35,36,37,38)/b34-24+. The summed E-state index contributed by atoms with van der Waals surface area (Å²) in [6.45, 7) is 1.69. The van der Waals surface area contributed by atoms with Gasteiger partial charge in [0.2, 0.25) is 0 Å². The molecule has 3 aromatic rings. The molecular formula is C29H31F3N8O3. The third-order valence-corrected chi connectivity index (χ3v) is 7.80. The molecule has 2 aromatic carbocycles. The normalized spacial score (nSPS) is 20.8. The minimum atomic E-state index is -4.67. The van der Waals surface area contributed by atoms with Crippen LogP contribution >= 0.6 is 0 Å². The number of likely N-dealkylation sites (N-methyl/N-ethyl adjacent to an activating group) is 1. The van der Waals surface area contributed by atoms with E-state index in [4.69, 9.17) is 0 Å². The van der Waals surface area contributed by atoms with Gasteiger partial charge in [-0.3, -0.25) is 15.0 Å². The number of amides is 2. The average molecular weight is 597 g/mol. The molecule has 0 radical (unpaired) electrons. The van der Waals surface area contributed by atoms with Crippen LogP contribution in [0.2, 0.25) is 0 Å². The second kappa shape index (κ2) is 12.0. The number of para-hydroxylation sites is 1. The SMILES string of the molecule is CC1=C(CN(C)C)C(=O)N(c2cccc(C(F)(F)F)c2)C(=O)/C1=N/Nc1cccc(C2CCCC(c3nnn[nH]3)C2)c1O. The van der Waals surface area contributed by atoms with Gasteiger partial charge in [0.05, 0.1) is 16.9 Å². The maximum atomic E-state index is 13.6. The number of carbonyl (C=O) groups excluding carboxylic acids is 2. The summed E-state index contributed by atoms with van der Waals surface area (Å²) in [6.07, 6.45) is -1.25. The smallest absolute Gasteiger partial charge is 0.416 e. The van der Waals surface area contributed by atoms with Gasteiger partial charge in [0.25, 0.3) is 11.8 Å². The Bertz CT molecular complexity index is 1580. The highest BCUT2D eigenvalue weighted by Crippen LogP contribution is 2.44. The number of hydrazone groups is 1. The maximum Gasteiger partial charge on any atom is 0.416 e. The molecule has 2 aliphatic rings. The molecule has 0 spiro atoms. The molecule has 1 aliphatic heterocycles. The summed E-state index contributed by atoms with van der Waals surface area (Å²) >= 11 is 0. The van der Waals surface area contributed by atoms with Gasteiger partial charge in [-0.05, 0) is 92.0 Å². The molecule has 2 atom stereocenters. The first-order valence-corrected chi connectivity index (χ1v) is 13.8. The first-order valence-electron chi connectivity index (χ1n) is 13.8. The van der Waals surface area contributed by atoms with Crippen molar-refractivity contribution in [2.45, 2.75) is 50.6 Å². The number of nitrogens with zero attached hydrogens (tertiary/aromatic N) is 6. The quantitative estimate of drug-likeness (QED) is 0.205. The van der Waals surface area contributed by atoms with Crippen LogP contribution in [0.15, 0.2) is 58.7 Å². The van der Waals surface area contributed by atoms with E-state index in [2.05, 4.69) is 31.2 Å². The Morgan fingerprint density at radius 3 is 2.56 bits per heavy atom. The van der Waals surface area contributed by atoms with Gasteiger partial charge in [0.15, 0.2) is 11.5 Å². The van der Waals surface area contributed by atoms with Gasteiger partial charge in [0.1, 0.15) is 5.75 Å². The number of aromatic amines is 1. The predicted octanol–water partition coefficient (Wildman–Crippen LogP) is 4.58. The van der Waals surface area contributed by atoms with Gasteiger partial charge in [-0.15, -0.1) is 5.10 Å². The van der Waals surface area contributed by atoms with Crippen LogP contribution in [0.4, 0.5) is 24.5 Å².